The summed E-state index contributed by atoms with van der Waals surface area (Å²) in [6, 6.07) is 13.5. The Morgan fingerprint density at radius 2 is 1.82 bits per heavy atom. The van der Waals surface area contributed by atoms with Crippen LogP contribution in [-0.2, 0) is 17.8 Å². The molecule has 2 aromatic carbocycles. The fourth-order valence-electron chi connectivity index (χ4n) is 4.03. The van der Waals surface area contributed by atoms with Crippen LogP contribution in [0.15, 0.2) is 48.5 Å². The van der Waals surface area contributed by atoms with Crippen molar-refractivity contribution in [3.8, 4) is 11.4 Å². The Morgan fingerprint density at radius 3 is 2.58 bits per heavy atom. The molecule has 2 N–H and O–H groups in total. The molecule has 1 aromatic heterocycles. The molecule has 0 fully saturated rings. The van der Waals surface area contributed by atoms with Gasteiger partial charge in [-0.1, -0.05) is 50.1 Å². The van der Waals surface area contributed by atoms with E-state index in [2.05, 4.69) is 25.4 Å². The van der Waals surface area contributed by atoms with Crippen molar-refractivity contribution in [2.75, 3.05) is 5.32 Å². The number of nitrogens with zero attached hydrogens (tertiary/aromatic N) is 3. The summed E-state index contributed by atoms with van der Waals surface area (Å²) in [5.41, 5.74) is 1.83. The van der Waals surface area contributed by atoms with E-state index in [9.17, 15) is 9.59 Å². The maximum Gasteiger partial charge on any atom is 0.251 e. The van der Waals surface area contributed by atoms with Crippen LogP contribution in [0.5, 0.6) is 0 Å². The summed E-state index contributed by atoms with van der Waals surface area (Å²) in [5, 5.41) is 15.1. The summed E-state index contributed by atoms with van der Waals surface area (Å²) in [5.74, 6) is 1.01. The molecule has 2 heterocycles. The zero-order valence-electron chi connectivity index (χ0n) is 18.8. The molecule has 2 amide bonds. The molecule has 1 aliphatic rings. The highest BCUT2D eigenvalue weighted by Crippen LogP contribution is 2.31. The van der Waals surface area contributed by atoms with Crippen molar-refractivity contribution in [2.45, 2.75) is 52.1 Å². The number of halogens is 1. The number of benzene rings is 2. The second kappa shape index (κ2) is 10.2. The lowest BCUT2D eigenvalue weighted by Crippen LogP contribution is -2.47. The van der Waals surface area contributed by atoms with E-state index < -0.39 is 6.04 Å². The molecule has 0 bridgehead atoms. The van der Waals surface area contributed by atoms with Crippen LogP contribution >= 0.6 is 11.6 Å². The van der Waals surface area contributed by atoms with Gasteiger partial charge in [0.15, 0.2) is 5.82 Å². The van der Waals surface area contributed by atoms with Crippen LogP contribution in [0.1, 0.15) is 49.3 Å². The second-order valence-electron chi connectivity index (χ2n) is 8.65. The van der Waals surface area contributed by atoms with Crippen molar-refractivity contribution in [1.29, 1.82) is 0 Å². The number of fused-ring (bicyclic) bond motifs is 1. The summed E-state index contributed by atoms with van der Waals surface area (Å²) < 4.78 is 2.12. The minimum atomic E-state index is -0.693. The Kier molecular flexibility index (Phi) is 7.08. The average molecular weight is 466 g/mol. The van der Waals surface area contributed by atoms with Gasteiger partial charge in [-0.25, -0.2) is 0 Å². The molecule has 1 aliphatic heterocycles. The fourth-order valence-corrected chi connectivity index (χ4v) is 4.23. The highest BCUT2D eigenvalue weighted by molar-refractivity contribution is 6.33. The number of aromatic nitrogens is 3. The normalized spacial score (nSPS) is 14.3. The third kappa shape index (κ3) is 5.25. The largest absolute Gasteiger partial charge is 0.340 e. The molecule has 0 saturated carbocycles. The van der Waals surface area contributed by atoms with Gasteiger partial charge in [0.2, 0.25) is 5.91 Å². The quantitative estimate of drug-likeness (QED) is 0.551. The van der Waals surface area contributed by atoms with E-state index in [1.54, 1.807) is 36.4 Å². The Morgan fingerprint density at radius 1 is 1.03 bits per heavy atom. The van der Waals surface area contributed by atoms with Crippen molar-refractivity contribution < 1.29 is 9.59 Å². The van der Waals surface area contributed by atoms with Crippen molar-refractivity contribution in [1.82, 2.24) is 20.1 Å². The lowest BCUT2D eigenvalue weighted by atomic mass is 10.0. The monoisotopic (exact) mass is 465 g/mol. The molecule has 1 atom stereocenters. The average Bonchev–Trinajstić information content (AvgIpc) is 3.06. The first-order valence-corrected chi connectivity index (χ1v) is 11.7. The summed E-state index contributed by atoms with van der Waals surface area (Å²) in [7, 11) is 0. The topological polar surface area (TPSA) is 88.9 Å². The van der Waals surface area contributed by atoms with Crippen LogP contribution in [0.4, 0.5) is 5.69 Å². The smallest absolute Gasteiger partial charge is 0.251 e. The molecule has 0 aliphatic carbocycles. The Labute approximate surface area is 198 Å². The van der Waals surface area contributed by atoms with E-state index >= 15 is 0 Å². The number of hydrogen-bond donors (Lipinski definition) is 2. The van der Waals surface area contributed by atoms with E-state index in [4.69, 9.17) is 11.6 Å². The molecule has 172 valence electrons. The van der Waals surface area contributed by atoms with Gasteiger partial charge in [-0.05, 0) is 49.1 Å². The minimum absolute atomic E-state index is 0.100. The summed E-state index contributed by atoms with van der Waals surface area (Å²) in [4.78, 5) is 25.7. The Balaban J connectivity index is 1.54. The van der Waals surface area contributed by atoms with Gasteiger partial charge in [0.05, 0.1) is 5.02 Å². The standard InChI is InChI=1S/C25H28ClN5O2/c1-16(2)22(28-24(32)17-9-5-3-6-10-17)25(33)27-18-12-13-20(26)19(15-18)23-30-29-21-11-7-4-8-14-31(21)23/h3,5-6,9-10,12-13,15-16,22H,4,7-8,11,14H2,1-2H3,(H,27,33)(H,28,32)/t22-/m1/s1. The fraction of sp³-hybridized carbons (Fsp3) is 0.360. The van der Waals surface area contributed by atoms with Gasteiger partial charge in [0.25, 0.3) is 5.91 Å². The molecule has 33 heavy (non-hydrogen) atoms. The third-order valence-corrected chi connectivity index (χ3v) is 6.19. The van der Waals surface area contributed by atoms with Crippen LogP contribution < -0.4 is 10.6 Å². The number of carbonyl (C=O) groups excluding carboxylic acids is 2. The highest BCUT2D eigenvalue weighted by Gasteiger charge is 2.25. The van der Waals surface area contributed by atoms with E-state index in [0.717, 1.165) is 43.6 Å². The Bertz CT molecular complexity index is 1140. The van der Waals surface area contributed by atoms with Gasteiger partial charge in [-0.2, -0.15) is 0 Å². The van der Waals surface area contributed by atoms with Gasteiger partial charge < -0.3 is 15.2 Å². The van der Waals surface area contributed by atoms with Crippen LogP contribution in [0.3, 0.4) is 0 Å². The molecule has 8 heteroatoms. The van der Waals surface area contributed by atoms with Gasteiger partial charge in [0, 0.05) is 29.8 Å². The number of nitrogens with one attached hydrogen (secondary N) is 2. The number of carbonyl (C=O) groups is 2. The maximum atomic E-state index is 13.1. The lowest BCUT2D eigenvalue weighted by Gasteiger charge is -2.22. The lowest BCUT2D eigenvalue weighted by molar-refractivity contribution is -0.118. The first-order valence-electron chi connectivity index (χ1n) is 11.3. The first kappa shape index (κ1) is 23.0. The highest BCUT2D eigenvalue weighted by atomic mass is 35.5. The number of aryl methyl sites for hydroxylation is 1. The zero-order valence-corrected chi connectivity index (χ0v) is 19.6. The predicted octanol–water partition coefficient (Wildman–Crippen LogP) is 4.72. The van der Waals surface area contributed by atoms with Crippen LogP contribution in [0.25, 0.3) is 11.4 Å². The SMILES string of the molecule is CC(C)[C@@H](NC(=O)c1ccccc1)C(=O)Nc1ccc(Cl)c(-c2nnc3n2CCCCC3)c1. The minimum Gasteiger partial charge on any atom is -0.340 e. The second-order valence-corrected chi connectivity index (χ2v) is 9.05. The number of anilines is 1. The molecule has 0 radical (unpaired) electrons. The van der Waals surface area contributed by atoms with Crippen molar-refractivity contribution >= 4 is 29.1 Å². The predicted molar refractivity (Wildman–Crippen MR) is 129 cm³/mol. The van der Waals surface area contributed by atoms with Gasteiger partial charge in [0.1, 0.15) is 11.9 Å². The van der Waals surface area contributed by atoms with E-state index in [1.165, 1.54) is 0 Å². The molecule has 0 spiro atoms. The Hall–Kier alpha value is -3.19. The van der Waals surface area contributed by atoms with E-state index in [-0.39, 0.29) is 17.7 Å². The molecule has 0 saturated heterocycles. The zero-order chi connectivity index (χ0) is 23.4. The van der Waals surface area contributed by atoms with E-state index in [1.807, 2.05) is 26.0 Å². The molecular weight excluding hydrogens is 438 g/mol. The molecule has 7 nitrogen and oxygen atoms in total. The number of rotatable bonds is 6. The molecule has 4 rings (SSSR count). The molecular formula is C25H28ClN5O2. The van der Waals surface area contributed by atoms with Crippen molar-refractivity contribution in [3.05, 3.63) is 64.9 Å². The maximum absolute atomic E-state index is 13.1. The van der Waals surface area contributed by atoms with Crippen LogP contribution in [0, 0.1) is 5.92 Å². The number of amides is 2. The van der Waals surface area contributed by atoms with Crippen LogP contribution in [-0.4, -0.2) is 32.6 Å². The summed E-state index contributed by atoms with van der Waals surface area (Å²) in [6.45, 7) is 4.65. The van der Waals surface area contributed by atoms with Crippen LogP contribution in [0.2, 0.25) is 5.02 Å². The summed E-state index contributed by atoms with van der Waals surface area (Å²) >= 11 is 6.51. The van der Waals surface area contributed by atoms with E-state index in [0.29, 0.717) is 22.1 Å². The van der Waals surface area contributed by atoms with Crippen molar-refractivity contribution in [3.63, 3.8) is 0 Å². The van der Waals surface area contributed by atoms with Gasteiger partial charge >= 0.3 is 0 Å². The molecule has 3 aromatic rings. The molecule has 0 unspecified atom stereocenters. The van der Waals surface area contributed by atoms with Crippen molar-refractivity contribution in [2.24, 2.45) is 5.92 Å². The third-order valence-electron chi connectivity index (χ3n) is 5.86. The summed E-state index contributed by atoms with van der Waals surface area (Å²) in [6.07, 6.45) is 4.24. The van der Waals surface area contributed by atoms with Gasteiger partial charge in [-0.15, -0.1) is 10.2 Å². The van der Waals surface area contributed by atoms with Gasteiger partial charge in [-0.3, -0.25) is 9.59 Å². The first-order chi connectivity index (χ1) is 15.9. The number of hydrogen-bond acceptors (Lipinski definition) is 4.